The molecule has 1 N–H and O–H groups in total. The van der Waals surface area contributed by atoms with E-state index in [4.69, 9.17) is 4.74 Å². The van der Waals surface area contributed by atoms with Crippen molar-refractivity contribution in [2.24, 2.45) is 0 Å². The first-order valence-electron chi connectivity index (χ1n) is 6.35. The highest BCUT2D eigenvalue weighted by molar-refractivity contribution is 9.10. The molecule has 1 aromatic carbocycles. The number of hydrogen-bond acceptors (Lipinski definition) is 2. The number of hydrogen-bond donors (Lipinski definition) is 1. The number of amides is 1. The highest BCUT2D eigenvalue weighted by atomic mass is 79.9. The van der Waals surface area contributed by atoms with Gasteiger partial charge in [0.25, 0.3) is 5.91 Å². The lowest BCUT2D eigenvalue weighted by Crippen LogP contribution is -2.36. The monoisotopic (exact) mass is 311 g/mol. The van der Waals surface area contributed by atoms with Crippen LogP contribution < -0.4 is 10.1 Å². The highest BCUT2D eigenvalue weighted by Gasteiger charge is 2.18. The Morgan fingerprint density at radius 2 is 2.06 bits per heavy atom. The molecule has 1 aromatic rings. The van der Waals surface area contributed by atoms with Gasteiger partial charge in [0.15, 0.2) is 0 Å². The molecule has 18 heavy (non-hydrogen) atoms. The van der Waals surface area contributed by atoms with Gasteiger partial charge < -0.3 is 10.1 Å². The highest BCUT2D eigenvalue weighted by Crippen LogP contribution is 2.24. The molecular weight excluding hydrogens is 294 g/mol. The molecule has 0 radical (unpaired) electrons. The van der Waals surface area contributed by atoms with Crippen LogP contribution in [-0.2, 0) is 0 Å². The molecule has 0 unspecified atom stereocenters. The number of nitrogens with one attached hydrogen (secondary N) is 1. The van der Waals surface area contributed by atoms with Gasteiger partial charge in [-0.2, -0.15) is 0 Å². The lowest BCUT2D eigenvalue weighted by atomic mass is 9.95. The number of halogens is 1. The summed E-state index contributed by atoms with van der Waals surface area (Å²) in [6.45, 7) is 0. The molecule has 0 aromatic heterocycles. The zero-order valence-electron chi connectivity index (χ0n) is 10.5. The summed E-state index contributed by atoms with van der Waals surface area (Å²) in [5.41, 5.74) is 0.603. The molecule has 1 fully saturated rings. The first-order chi connectivity index (χ1) is 8.70. The Labute approximate surface area is 116 Å². The molecule has 0 spiro atoms. The Morgan fingerprint density at radius 1 is 1.33 bits per heavy atom. The number of benzene rings is 1. The van der Waals surface area contributed by atoms with Gasteiger partial charge in [0.2, 0.25) is 0 Å². The Kier molecular flexibility index (Phi) is 4.64. The van der Waals surface area contributed by atoms with Gasteiger partial charge in [-0.1, -0.05) is 35.2 Å². The van der Waals surface area contributed by atoms with Crippen LogP contribution in [0, 0.1) is 0 Å². The summed E-state index contributed by atoms with van der Waals surface area (Å²) in [5.74, 6) is 0.573. The molecule has 2 rings (SSSR count). The van der Waals surface area contributed by atoms with Crippen molar-refractivity contribution in [2.75, 3.05) is 7.11 Å². The van der Waals surface area contributed by atoms with Crippen molar-refractivity contribution in [1.29, 1.82) is 0 Å². The van der Waals surface area contributed by atoms with Gasteiger partial charge in [0.05, 0.1) is 12.7 Å². The molecule has 1 amide bonds. The summed E-state index contributed by atoms with van der Waals surface area (Å²) >= 11 is 3.37. The van der Waals surface area contributed by atoms with Crippen LogP contribution in [0.5, 0.6) is 5.75 Å². The maximum atomic E-state index is 12.2. The van der Waals surface area contributed by atoms with Crippen molar-refractivity contribution in [3.8, 4) is 5.75 Å². The Hall–Kier alpha value is -1.03. The third-order valence-electron chi connectivity index (χ3n) is 3.35. The molecule has 0 aliphatic heterocycles. The van der Waals surface area contributed by atoms with Crippen molar-refractivity contribution >= 4 is 21.8 Å². The van der Waals surface area contributed by atoms with Gasteiger partial charge >= 0.3 is 0 Å². The van der Waals surface area contributed by atoms with E-state index < -0.39 is 0 Å². The number of carbonyl (C=O) groups excluding carboxylic acids is 1. The third-order valence-corrected chi connectivity index (χ3v) is 3.84. The summed E-state index contributed by atoms with van der Waals surface area (Å²) in [4.78, 5) is 12.2. The Morgan fingerprint density at radius 3 is 2.72 bits per heavy atom. The maximum Gasteiger partial charge on any atom is 0.255 e. The molecule has 1 saturated carbocycles. The van der Waals surface area contributed by atoms with E-state index in [1.54, 1.807) is 13.2 Å². The van der Waals surface area contributed by atoms with Crippen LogP contribution in [0.15, 0.2) is 22.7 Å². The average molecular weight is 312 g/mol. The molecule has 1 aliphatic carbocycles. The predicted octanol–water partition coefficient (Wildman–Crippen LogP) is 3.52. The topological polar surface area (TPSA) is 38.3 Å². The minimum absolute atomic E-state index is 0.0359. The van der Waals surface area contributed by atoms with Crippen LogP contribution >= 0.6 is 15.9 Å². The fraction of sp³-hybridized carbons (Fsp3) is 0.500. The van der Waals surface area contributed by atoms with E-state index in [0.717, 1.165) is 17.3 Å². The Balaban J connectivity index is 2.08. The van der Waals surface area contributed by atoms with E-state index in [-0.39, 0.29) is 5.91 Å². The second-order valence-corrected chi connectivity index (χ2v) is 5.57. The van der Waals surface area contributed by atoms with Gasteiger partial charge in [-0.05, 0) is 31.0 Å². The van der Waals surface area contributed by atoms with Crippen molar-refractivity contribution < 1.29 is 9.53 Å². The van der Waals surface area contributed by atoms with Crippen LogP contribution in [0.3, 0.4) is 0 Å². The lowest BCUT2D eigenvalue weighted by Gasteiger charge is -2.23. The first kappa shape index (κ1) is 13.4. The van der Waals surface area contributed by atoms with Gasteiger partial charge in [-0.3, -0.25) is 4.79 Å². The van der Waals surface area contributed by atoms with Crippen molar-refractivity contribution in [1.82, 2.24) is 5.32 Å². The second-order valence-electron chi connectivity index (χ2n) is 4.65. The van der Waals surface area contributed by atoms with Crippen molar-refractivity contribution in [3.63, 3.8) is 0 Å². The fourth-order valence-corrected chi connectivity index (χ4v) is 2.70. The average Bonchev–Trinajstić information content (AvgIpc) is 2.39. The number of carbonyl (C=O) groups is 1. The minimum Gasteiger partial charge on any atom is -0.496 e. The number of rotatable bonds is 3. The standard InChI is InChI=1S/C14H18BrNO2/c1-18-13-9-10(15)7-8-12(13)14(17)16-11-5-3-2-4-6-11/h7-9,11H,2-6H2,1H3,(H,16,17). The predicted molar refractivity (Wildman–Crippen MR) is 75.0 cm³/mol. The quantitative estimate of drug-likeness (QED) is 0.927. The van der Waals surface area contributed by atoms with Crippen LogP contribution in [0.1, 0.15) is 42.5 Å². The SMILES string of the molecule is COc1cc(Br)ccc1C(=O)NC1CCCCC1. The number of methoxy groups -OCH3 is 1. The molecule has 1 aliphatic rings. The van der Waals surface area contributed by atoms with Crippen molar-refractivity contribution in [3.05, 3.63) is 28.2 Å². The van der Waals surface area contributed by atoms with Gasteiger partial charge in [0, 0.05) is 10.5 Å². The number of ether oxygens (including phenoxy) is 1. The molecule has 0 bridgehead atoms. The first-order valence-corrected chi connectivity index (χ1v) is 7.14. The molecule has 0 saturated heterocycles. The summed E-state index contributed by atoms with van der Waals surface area (Å²) in [6.07, 6.45) is 5.88. The zero-order valence-corrected chi connectivity index (χ0v) is 12.1. The second kappa shape index (κ2) is 6.23. The van der Waals surface area contributed by atoms with E-state index in [1.165, 1.54) is 19.3 Å². The summed E-state index contributed by atoms with van der Waals surface area (Å²) in [5, 5.41) is 3.10. The van der Waals surface area contributed by atoms with Gasteiger partial charge in [0.1, 0.15) is 5.75 Å². The van der Waals surface area contributed by atoms with Crippen LogP contribution in [0.2, 0.25) is 0 Å². The molecule has 98 valence electrons. The zero-order chi connectivity index (χ0) is 13.0. The van der Waals surface area contributed by atoms with Crippen LogP contribution in [0.25, 0.3) is 0 Å². The minimum atomic E-state index is -0.0359. The summed E-state index contributed by atoms with van der Waals surface area (Å²) in [6, 6.07) is 5.79. The molecule has 0 atom stereocenters. The Bertz CT molecular complexity index is 428. The lowest BCUT2D eigenvalue weighted by molar-refractivity contribution is 0.0924. The largest absolute Gasteiger partial charge is 0.496 e. The summed E-state index contributed by atoms with van der Waals surface area (Å²) in [7, 11) is 1.58. The van der Waals surface area contributed by atoms with E-state index in [0.29, 0.717) is 17.4 Å². The van der Waals surface area contributed by atoms with E-state index in [2.05, 4.69) is 21.2 Å². The molecule has 0 heterocycles. The van der Waals surface area contributed by atoms with Gasteiger partial charge in [-0.25, -0.2) is 0 Å². The van der Waals surface area contributed by atoms with Crippen molar-refractivity contribution in [2.45, 2.75) is 38.1 Å². The maximum absolute atomic E-state index is 12.2. The van der Waals surface area contributed by atoms with Crippen LogP contribution in [-0.4, -0.2) is 19.1 Å². The van der Waals surface area contributed by atoms with E-state index in [9.17, 15) is 4.79 Å². The van der Waals surface area contributed by atoms with Crippen LogP contribution in [0.4, 0.5) is 0 Å². The third kappa shape index (κ3) is 3.25. The van der Waals surface area contributed by atoms with E-state index >= 15 is 0 Å². The van der Waals surface area contributed by atoms with Gasteiger partial charge in [-0.15, -0.1) is 0 Å². The molecule has 3 nitrogen and oxygen atoms in total. The molecular formula is C14H18BrNO2. The van der Waals surface area contributed by atoms with E-state index in [1.807, 2.05) is 12.1 Å². The summed E-state index contributed by atoms with van der Waals surface area (Å²) < 4.78 is 6.16. The molecule has 4 heteroatoms. The normalized spacial score (nSPS) is 16.3. The fourth-order valence-electron chi connectivity index (χ4n) is 2.36. The smallest absolute Gasteiger partial charge is 0.255 e.